The molecule has 2 aliphatic carbocycles. The SMILES string of the molecule is Cc1cnc2c(c1)nc(N)n2CC1(C2CC2)CC1. The van der Waals surface area contributed by atoms with Gasteiger partial charge in [-0.2, -0.15) is 0 Å². The Balaban J connectivity index is 1.77. The van der Waals surface area contributed by atoms with Crippen molar-refractivity contribution in [1.82, 2.24) is 14.5 Å². The first-order valence-corrected chi connectivity index (χ1v) is 6.76. The van der Waals surface area contributed by atoms with Gasteiger partial charge in [-0.3, -0.25) is 4.57 Å². The van der Waals surface area contributed by atoms with Crippen molar-refractivity contribution in [3.8, 4) is 0 Å². The van der Waals surface area contributed by atoms with Crippen molar-refractivity contribution in [3.05, 3.63) is 17.8 Å². The molecule has 4 rings (SSSR count). The molecule has 0 saturated heterocycles. The number of fused-ring (bicyclic) bond motifs is 1. The minimum atomic E-state index is 0.522. The van der Waals surface area contributed by atoms with Crippen LogP contribution in [0.4, 0.5) is 5.95 Å². The lowest BCUT2D eigenvalue weighted by atomic mass is 10.0. The smallest absolute Gasteiger partial charge is 0.202 e. The predicted molar refractivity (Wildman–Crippen MR) is 71.1 cm³/mol. The second kappa shape index (κ2) is 3.25. The quantitative estimate of drug-likeness (QED) is 0.899. The van der Waals surface area contributed by atoms with Gasteiger partial charge in [-0.1, -0.05) is 0 Å². The molecule has 2 N–H and O–H groups in total. The summed E-state index contributed by atoms with van der Waals surface area (Å²) in [5, 5.41) is 0. The Morgan fingerprint density at radius 2 is 2.22 bits per heavy atom. The third-order valence-electron chi connectivity index (χ3n) is 4.56. The third-order valence-corrected chi connectivity index (χ3v) is 4.56. The first kappa shape index (κ1) is 10.4. The first-order chi connectivity index (χ1) is 8.68. The molecule has 4 heteroatoms. The zero-order valence-corrected chi connectivity index (χ0v) is 10.7. The van der Waals surface area contributed by atoms with Crippen molar-refractivity contribution in [1.29, 1.82) is 0 Å². The molecule has 0 aliphatic heterocycles. The van der Waals surface area contributed by atoms with Gasteiger partial charge in [0.05, 0.1) is 0 Å². The molecular weight excluding hydrogens is 224 g/mol. The molecule has 18 heavy (non-hydrogen) atoms. The van der Waals surface area contributed by atoms with Gasteiger partial charge >= 0.3 is 0 Å². The lowest BCUT2D eigenvalue weighted by Gasteiger charge is -2.16. The minimum absolute atomic E-state index is 0.522. The van der Waals surface area contributed by atoms with Gasteiger partial charge in [0.25, 0.3) is 0 Å². The first-order valence-electron chi connectivity index (χ1n) is 6.76. The van der Waals surface area contributed by atoms with E-state index in [9.17, 15) is 0 Å². The summed E-state index contributed by atoms with van der Waals surface area (Å²) in [6.45, 7) is 3.05. The second-order valence-electron chi connectivity index (χ2n) is 6.05. The Bertz CT molecular complexity index is 620. The Morgan fingerprint density at radius 3 is 2.89 bits per heavy atom. The third kappa shape index (κ3) is 1.44. The molecule has 0 radical (unpaired) electrons. The molecule has 0 unspecified atom stereocenters. The van der Waals surface area contributed by atoms with Crippen LogP contribution in [0.15, 0.2) is 12.3 Å². The highest BCUT2D eigenvalue weighted by molar-refractivity contribution is 5.74. The van der Waals surface area contributed by atoms with Crippen LogP contribution in [0, 0.1) is 18.3 Å². The molecular formula is C14H18N4. The van der Waals surface area contributed by atoms with E-state index in [1.807, 2.05) is 13.1 Å². The van der Waals surface area contributed by atoms with Gasteiger partial charge < -0.3 is 5.73 Å². The van der Waals surface area contributed by atoms with Gasteiger partial charge in [0.1, 0.15) is 5.52 Å². The topological polar surface area (TPSA) is 56.7 Å². The van der Waals surface area contributed by atoms with Crippen LogP contribution in [0.1, 0.15) is 31.2 Å². The molecule has 94 valence electrons. The van der Waals surface area contributed by atoms with Crippen LogP contribution in [0.2, 0.25) is 0 Å². The molecule has 0 amide bonds. The van der Waals surface area contributed by atoms with Crippen molar-refractivity contribution in [2.45, 2.75) is 39.2 Å². The van der Waals surface area contributed by atoms with E-state index in [1.54, 1.807) is 0 Å². The molecule has 2 aromatic heterocycles. The molecule has 0 aromatic carbocycles. The number of hydrogen-bond acceptors (Lipinski definition) is 3. The summed E-state index contributed by atoms with van der Waals surface area (Å²) in [5.41, 5.74) is 9.61. The fraction of sp³-hybridized carbons (Fsp3) is 0.571. The molecule has 2 aromatic rings. The standard InChI is InChI=1S/C14H18N4/c1-9-6-11-12(16-7-9)18(13(15)17-11)8-14(4-5-14)10-2-3-10/h6-7,10H,2-5,8H2,1H3,(H2,15,17). The predicted octanol–water partition coefficient (Wildman–Crippen LogP) is 2.51. The summed E-state index contributed by atoms with van der Waals surface area (Å²) >= 11 is 0. The summed E-state index contributed by atoms with van der Waals surface area (Å²) in [5.74, 6) is 1.55. The van der Waals surface area contributed by atoms with Crippen molar-refractivity contribution < 1.29 is 0 Å². The van der Waals surface area contributed by atoms with Crippen LogP contribution in [-0.2, 0) is 6.54 Å². The number of rotatable bonds is 3. The lowest BCUT2D eigenvalue weighted by molar-refractivity contribution is 0.376. The molecule has 0 bridgehead atoms. The molecule has 2 fully saturated rings. The van der Waals surface area contributed by atoms with E-state index in [2.05, 4.69) is 20.6 Å². The lowest BCUT2D eigenvalue weighted by Crippen LogP contribution is -2.16. The van der Waals surface area contributed by atoms with E-state index in [-0.39, 0.29) is 0 Å². The van der Waals surface area contributed by atoms with Crippen LogP contribution in [0.5, 0.6) is 0 Å². The number of nitrogens with two attached hydrogens (primary N) is 1. The monoisotopic (exact) mass is 242 g/mol. The number of hydrogen-bond donors (Lipinski definition) is 1. The Labute approximate surface area is 106 Å². The highest BCUT2D eigenvalue weighted by Gasteiger charge is 2.54. The zero-order chi connectivity index (χ0) is 12.3. The van der Waals surface area contributed by atoms with Gasteiger partial charge in [0.15, 0.2) is 5.65 Å². The van der Waals surface area contributed by atoms with Gasteiger partial charge in [0, 0.05) is 12.7 Å². The normalized spacial score (nSPS) is 21.4. The largest absolute Gasteiger partial charge is 0.369 e. The van der Waals surface area contributed by atoms with E-state index in [4.69, 9.17) is 5.73 Å². The highest BCUT2D eigenvalue weighted by atomic mass is 15.2. The second-order valence-corrected chi connectivity index (χ2v) is 6.05. The average molecular weight is 242 g/mol. The van der Waals surface area contributed by atoms with Crippen molar-refractivity contribution in [2.24, 2.45) is 11.3 Å². The molecule has 0 spiro atoms. The Hall–Kier alpha value is -1.58. The molecule has 0 atom stereocenters. The fourth-order valence-electron chi connectivity index (χ4n) is 3.15. The molecule has 2 aliphatic rings. The van der Waals surface area contributed by atoms with Crippen molar-refractivity contribution in [3.63, 3.8) is 0 Å². The van der Waals surface area contributed by atoms with Crippen LogP contribution < -0.4 is 5.73 Å². The number of pyridine rings is 1. The molecule has 2 heterocycles. The number of nitrogen functional groups attached to an aromatic ring is 1. The maximum atomic E-state index is 6.07. The fourth-order valence-corrected chi connectivity index (χ4v) is 3.15. The summed E-state index contributed by atoms with van der Waals surface area (Å²) < 4.78 is 2.13. The van der Waals surface area contributed by atoms with E-state index < -0.39 is 0 Å². The molecule has 4 nitrogen and oxygen atoms in total. The van der Waals surface area contributed by atoms with E-state index in [0.29, 0.717) is 11.4 Å². The van der Waals surface area contributed by atoms with Gasteiger partial charge in [-0.05, 0) is 55.6 Å². The number of imidazole rings is 1. The highest BCUT2D eigenvalue weighted by Crippen LogP contribution is 2.62. The van der Waals surface area contributed by atoms with Crippen LogP contribution in [0.25, 0.3) is 11.2 Å². The van der Waals surface area contributed by atoms with Crippen LogP contribution >= 0.6 is 0 Å². The summed E-state index contributed by atoms with van der Waals surface area (Å²) in [4.78, 5) is 8.96. The van der Waals surface area contributed by atoms with Gasteiger partial charge in [-0.15, -0.1) is 0 Å². The van der Waals surface area contributed by atoms with Gasteiger partial charge in [-0.25, -0.2) is 9.97 Å². The Morgan fingerprint density at radius 1 is 1.44 bits per heavy atom. The van der Waals surface area contributed by atoms with Crippen molar-refractivity contribution in [2.75, 3.05) is 5.73 Å². The number of aryl methyl sites for hydroxylation is 1. The Kier molecular flexibility index (Phi) is 1.87. The van der Waals surface area contributed by atoms with Crippen LogP contribution in [-0.4, -0.2) is 14.5 Å². The summed E-state index contributed by atoms with van der Waals surface area (Å²) in [6.07, 6.45) is 7.40. The van der Waals surface area contributed by atoms with E-state index >= 15 is 0 Å². The number of aromatic nitrogens is 3. The maximum absolute atomic E-state index is 6.07. The zero-order valence-electron chi connectivity index (χ0n) is 10.7. The van der Waals surface area contributed by atoms with Crippen LogP contribution in [0.3, 0.4) is 0 Å². The number of nitrogens with zero attached hydrogens (tertiary/aromatic N) is 3. The van der Waals surface area contributed by atoms with Gasteiger partial charge in [0.2, 0.25) is 5.95 Å². The van der Waals surface area contributed by atoms with E-state index in [1.165, 1.54) is 25.7 Å². The van der Waals surface area contributed by atoms with E-state index in [0.717, 1.165) is 29.2 Å². The number of anilines is 1. The summed E-state index contributed by atoms with van der Waals surface area (Å²) in [7, 11) is 0. The minimum Gasteiger partial charge on any atom is -0.369 e. The maximum Gasteiger partial charge on any atom is 0.202 e. The molecule has 2 saturated carbocycles. The summed E-state index contributed by atoms with van der Waals surface area (Å²) in [6, 6.07) is 2.06. The van der Waals surface area contributed by atoms with Crippen molar-refractivity contribution >= 4 is 17.1 Å². The average Bonchev–Trinajstić information content (AvgIpc) is 3.20.